The van der Waals surface area contributed by atoms with Gasteiger partial charge in [-0.05, 0) is 0 Å². The standard InChI is InChI=1S/C10H16N2O8.2K.Mg.4H/c13-7(14)3-11(4-8(15)16)1-2-12(5-9(17)18)6-10(19)20;;;;;;;/h1-6H2,(H,13,14)(H,15,16)(H,17,18)(H,19,20);;;;;;;. The summed E-state index contributed by atoms with van der Waals surface area (Å²) >= 11 is 0. The number of hydrogen-bond acceptors (Lipinski definition) is 6. The minimum absolute atomic E-state index is 0. The van der Waals surface area contributed by atoms with Crippen molar-refractivity contribution in [2.75, 3.05) is 39.3 Å². The summed E-state index contributed by atoms with van der Waals surface area (Å²) in [6, 6.07) is 0. The van der Waals surface area contributed by atoms with E-state index in [1.54, 1.807) is 0 Å². The van der Waals surface area contributed by atoms with Crippen LogP contribution in [0.3, 0.4) is 0 Å². The summed E-state index contributed by atoms with van der Waals surface area (Å²) < 4.78 is 0. The Labute approximate surface area is 233 Å². The molecule has 0 aliphatic rings. The minimum Gasteiger partial charge on any atom is 0.316 e. The third kappa shape index (κ3) is 21.8. The fraction of sp³-hybridized carbons (Fsp3) is 0.600. The molecule has 0 aromatic rings. The van der Waals surface area contributed by atoms with Gasteiger partial charge in [-0.3, -0.25) is 29.0 Å². The predicted octanol–water partition coefficient (Wildman–Crippen LogP) is -4.28. The molecule has 0 heterocycles. The van der Waals surface area contributed by atoms with Crippen LogP contribution in [0, 0.1) is 0 Å². The Morgan fingerprint density at radius 3 is 0.870 bits per heavy atom. The first kappa shape index (κ1) is 32.5. The molecule has 0 aliphatic carbocycles. The smallest absolute Gasteiger partial charge is 0.316 e. The maximum absolute atomic E-state index is 10.6. The van der Waals surface area contributed by atoms with E-state index in [1.165, 1.54) is 0 Å². The Balaban J connectivity index is -0.000000602. The second kappa shape index (κ2) is 18.6. The van der Waals surface area contributed by atoms with E-state index >= 15 is 0 Å². The summed E-state index contributed by atoms with van der Waals surface area (Å²) in [7, 11) is 0. The van der Waals surface area contributed by atoms with Crippen molar-refractivity contribution in [3.8, 4) is 0 Å². The van der Waals surface area contributed by atoms with Crippen molar-refractivity contribution in [3.63, 3.8) is 0 Å². The summed E-state index contributed by atoms with van der Waals surface area (Å²) in [6.45, 7) is -2.25. The number of rotatable bonds is 11. The number of hydrogen-bond donors (Lipinski definition) is 4. The molecule has 0 radical (unpaired) electrons. The molecule has 0 bridgehead atoms. The van der Waals surface area contributed by atoms with Crippen LogP contribution in [0.4, 0.5) is 0 Å². The summed E-state index contributed by atoms with van der Waals surface area (Å²) in [5, 5.41) is 34.5. The normalized spacial score (nSPS) is 9.30. The van der Waals surface area contributed by atoms with E-state index in [1.807, 2.05) is 0 Å². The van der Waals surface area contributed by atoms with E-state index in [0.29, 0.717) is 0 Å². The number of carboxylic acids is 4. The first-order chi connectivity index (χ1) is 9.20. The van der Waals surface area contributed by atoms with Gasteiger partial charge in [0, 0.05) is 13.1 Å². The van der Waals surface area contributed by atoms with Crippen LogP contribution in [0.25, 0.3) is 0 Å². The van der Waals surface area contributed by atoms with Gasteiger partial charge in [0.25, 0.3) is 0 Å². The van der Waals surface area contributed by atoms with Gasteiger partial charge in [-0.15, -0.1) is 0 Å². The van der Waals surface area contributed by atoms with Gasteiger partial charge in [-0.1, -0.05) is 0 Å². The summed E-state index contributed by atoms with van der Waals surface area (Å²) in [6.07, 6.45) is 0. The molecule has 10 nitrogen and oxygen atoms in total. The van der Waals surface area contributed by atoms with Crippen LogP contribution in [-0.4, -0.2) is 219 Å². The molecule has 4 N–H and O–H groups in total. The van der Waals surface area contributed by atoms with Crippen LogP contribution in [0.15, 0.2) is 0 Å². The first-order valence-electron chi connectivity index (χ1n) is 5.52. The van der Waals surface area contributed by atoms with Crippen LogP contribution in [0.5, 0.6) is 0 Å². The quantitative estimate of drug-likeness (QED) is 0.251. The summed E-state index contributed by atoms with van der Waals surface area (Å²) in [4.78, 5) is 44.4. The van der Waals surface area contributed by atoms with Crippen molar-refractivity contribution in [2.45, 2.75) is 0 Å². The largest absolute Gasteiger partial charge is 0.316 e. The third-order valence-electron chi connectivity index (χ3n) is 2.17. The van der Waals surface area contributed by atoms with Gasteiger partial charge < -0.3 is 20.4 Å². The van der Waals surface area contributed by atoms with Crippen molar-refractivity contribution >= 4 is 150 Å². The van der Waals surface area contributed by atoms with E-state index < -0.39 is 50.1 Å². The van der Waals surface area contributed by atoms with Gasteiger partial charge >= 0.3 is 150 Å². The number of carbonyl (C=O) groups is 4. The fourth-order valence-electron chi connectivity index (χ4n) is 1.48. The van der Waals surface area contributed by atoms with Crippen LogP contribution >= 0.6 is 0 Å². The SMILES string of the molecule is O=C(O)CN(CCN(CC(=O)O)CC(=O)O)CC(=O)O.[KH].[KH].[MgH2]. The Kier molecular flexibility index (Phi) is 26.3. The molecule has 0 spiro atoms. The maximum atomic E-state index is 10.6. The Bertz CT molecular complexity index is 331. The monoisotopic (exact) mass is 398 g/mol. The average molecular weight is 399 g/mol. The Hall–Kier alpha value is 1.84. The minimum atomic E-state index is -1.23. The molecule has 0 aromatic carbocycles. The van der Waals surface area contributed by atoms with Gasteiger partial charge in [0.15, 0.2) is 0 Å². The van der Waals surface area contributed by atoms with Crippen LogP contribution < -0.4 is 0 Å². The molecule has 0 aliphatic heterocycles. The second-order valence-electron chi connectivity index (χ2n) is 4.00. The number of aliphatic carboxylic acids is 4. The Morgan fingerprint density at radius 2 is 0.739 bits per heavy atom. The van der Waals surface area contributed by atoms with E-state index in [0.717, 1.165) is 9.80 Å². The average Bonchev–Trinajstić information content (AvgIpc) is 2.22. The van der Waals surface area contributed by atoms with E-state index in [-0.39, 0.29) is 139 Å². The van der Waals surface area contributed by atoms with Gasteiger partial charge in [-0.25, -0.2) is 0 Å². The zero-order valence-electron chi connectivity index (χ0n) is 10.6. The van der Waals surface area contributed by atoms with Gasteiger partial charge in [0.2, 0.25) is 0 Å². The first-order valence-corrected chi connectivity index (χ1v) is 5.52. The zero-order valence-corrected chi connectivity index (χ0v) is 10.6. The van der Waals surface area contributed by atoms with E-state index in [4.69, 9.17) is 20.4 Å². The van der Waals surface area contributed by atoms with Crippen LogP contribution in [-0.2, 0) is 19.2 Å². The molecule has 0 rings (SSSR count). The molecular weight excluding hydrogens is 379 g/mol. The van der Waals surface area contributed by atoms with E-state index in [2.05, 4.69) is 0 Å². The van der Waals surface area contributed by atoms with Crippen molar-refractivity contribution in [3.05, 3.63) is 0 Å². The van der Waals surface area contributed by atoms with Crippen molar-refractivity contribution in [1.29, 1.82) is 0 Å². The molecule has 0 atom stereocenters. The molecule has 23 heavy (non-hydrogen) atoms. The van der Waals surface area contributed by atoms with Crippen LogP contribution in [0.2, 0.25) is 0 Å². The molecule has 0 saturated heterocycles. The molecule has 0 amide bonds. The molecule has 0 unspecified atom stereocenters. The van der Waals surface area contributed by atoms with Crippen molar-refractivity contribution in [2.24, 2.45) is 0 Å². The zero-order chi connectivity index (χ0) is 15.7. The second-order valence-corrected chi connectivity index (χ2v) is 4.00. The molecule has 13 heteroatoms. The van der Waals surface area contributed by atoms with Gasteiger partial charge in [0.1, 0.15) is 0 Å². The van der Waals surface area contributed by atoms with E-state index in [9.17, 15) is 19.2 Å². The van der Waals surface area contributed by atoms with Gasteiger partial charge in [-0.2, -0.15) is 0 Å². The summed E-state index contributed by atoms with van der Waals surface area (Å²) in [5.74, 6) is -4.91. The molecule has 122 valence electrons. The number of carboxylic acid groups (broad SMARTS) is 4. The molecule has 0 fully saturated rings. The maximum Gasteiger partial charge on any atom is 0.316 e. The number of nitrogens with zero attached hydrogens (tertiary/aromatic N) is 2. The fourth-order valence-corrected chi connectivity index (χ4v) is 1.48. The molecule has 0 saturated carbocycles. The van der Waals surface area contributed by atoms with Crippen molar-refractivity contribution < 1.29 is 39.6 Å². The summed E-state index contributed by atoms with van der Waals surface area (Å²) in [5.41, 5.74) is 0. The molecular formula is C10H20K2MgN2O8. The third-order valence-corrected chi connectivity index (χ3v) is 2.17. The molecule has 0 aromatic heterocycles. The Morgan fingerprint density at radius 1 is 0.565 bits per heavy atom. The predicted molar refractivity (Wildman–Crippen MR) is 86.3 cm³/mol. The topological polar surface area (TPSA) is 156 Å². The van der Waals surface area contributed by atoms with Gasteiger partial charge in [0.05, 0.1) is 26.2 Å². The van der Waals surface area contributed by atoms with Crippen molar-refractivity contribution in [1.82, 2.24) is 9.80 Å². The van der Waals surface area contributed by atoms with Crippen LogP contribution in [0.1, 0.15) is 0 Å².